The van der Waals surface area contributed by atoms with Crippen molar-refractivity contribution in [2.45, 2.75) is 13.8 Å². The third-order valence-electron chi connectivity index (χ3n) is 1.59. The molecule has 1 heterocycles. The number of carboxylic acid groups (broad SMARTS) is 1. The molecular formula is C8H10ClNO2. The topological polar surface area (TPSA) is 50.2 Å². The molecule has 0 amide bonds. The molecule has 0 atom stereocenters. The molecule has 1 rings (SSSR count). The summed E-state index contributed by atoms with van der Waals surface area (Å²) in [4.78, 5) is 14.1. The van der Waals surface area contributed by atoms with Gasteiger partial charge in [-0.15, -0.1) is 12.4 Å². The van der Waals surface area contributed by atoms with E-state index >= 15 is 0 Å². The van der Waals surface area contributed by atoms with Crippen LogP contribution in [-0.2, 0) is 0 Å². The van der Waals surface area contributed by atoms with E-state index in [2.05, 4.69) is 4.98 Å². The lowest BCUT2D eigenvalue weighted by Crippen LogP contribution is -2.00. The molecule has 66 valence electrons. The van der Waals surface area contributed by atoms with Crippen molar-refractivity contribution in [1.29, 1.82) is 0 Å². The molecule has 0 aromatic carbocycles. The van der Waals surface area contributed by atoms with Gasteiger partial charge in [0.05, 0.1) is 0 Å². The zero-order valence-electron chi connectivity index (χ0n) is 6.87. The average molecular weight is 188 g/mol. The van der Waals surface area contributed by atoms with Gasteiger partial charge in [0.15, 0.2) is 0 Å². The van der Waals surface area contributed by atoms with Crippen LogP contribution in [0.5, 0.6) is 0 Å². The Morgan fingerprint density at radius 3 is 2.42 bits per heavy atom. The second kappa shape index (κ2) is 4.07. The zero-order chi connectivity index (χ0) is 8.43. The minimum Gasteiger partial charge on any atom is -0.477 e. The van der Waals surface area contributed by atoms with E-state index in [9.17, 15) is 4.79 Å². The molecule has 0 saturated carbocycles. The summed E-state index contributed by atoms with van der Waals surface area (Å²) in [6.45, 7) is 3.76. The molecule has 0 aliphatic rings. The van der Waals surface area contributed by atoms with Crippen LogP contribution in [0.25, 0.3) is 0 Å². The van der Waals surface area contributed by atoms with Crippen LogP contribution >= 0.6 is 12.4 Å². The van der Waals surface area contributed by atoms with E-state index in [1.807, 2.05) is 13.8 Å². The number of rotatable bonds is 1. The van der Waals surface area contributed by atoms with Crippen molar-refractivity contribution in [3.05, 3.63) is 29.1 Å². The summed E-state index contributed by atoms with van der Waals surface area (Å²) in [5, 5.41) is 8.54. The van der Waals surface area contributed by atoms with Crippen LogP contribution in [0.1, 0.15) is 21.6 Å². The number of aromatic nitrogens is 1. The number of halogens is 1. The SMILES string of the molecule is Cc1cnc(C(=O)O)cc1C.Cl. The second-order valence-electron chi connectivity index (χ2n) is 2.46. The van der Waals surface area contributed by atoms with E-state index in [0.717, 1.165) is 11.1 Å². The Hall–Kier alpha value is -1.09. The summed E-state index contributed by atoms with van der Waals surface area (Å²) in [5.74, 6) is -0.979. The zero-order valence-corrected chi connectivity index (χ0v) is 7.68. The quantitative estimate of drug-likeness (QED) is 0.730. The molecule has 3 nitrogen and oxygen atoms in total. The first-order valence-corrected chi connectivity index (χ1v) is 3.28. The van der Waals surface area contributed by atoms with Crippen LogP contribution in [0.2, 0.25) is 0 Å². The van der Waals surface area contributed by atoms with Gasteiger partial charge >= 0.3 is 5.97 Å². The van der Waals surface area contributed by atoms with Gasteiger partial charge in [-0.2, -0.15) is 0 Å². The average Bonchev–Trinajstić information content (AvgIpc) is 1.94. The van der Waals surface area contributed by atoms with Gasteiger partial charge in [0, 0.05) is 6.20 Å². The molecule has 0 aliphatic heterocycles. The molecule has 12 heavy (non-hydrogen) atoms. The number of nitrogens with zero attached hydrogens (tertiary/aromatic N) is 1. The van der Waals surface area contributed by atoms with Gasteiger partial charge in [0.2, 0.25) is 0 Å². The van der Waals surface area contributed by atoms with E-state index in [4.69, 9.17) is 5.11 Å². The lowest BCUT2D eigenvalue weighted by atomic mass is 10.1. The molecule has 1 N–H and O–H groups in total. The Kier molecular flexibility index (Phi) is 3.70. The molecule has 0 spiro atoms. The Balaban J connectivity index is 0.00000121. The number of hydrogen-bond donors (Lipinski definition) is 1. The summed E-state index contributed by atoms with van der Waals surface area (Å²) in [7, 11) is 0. The Morgan fingerprint density at radius 2 is 2.00 bits per heavy atom. The summed E-state index contributed by atoms with van der Waals surface area (Å²) < 4.78 is 0. The van der Waals surface area contributed by atoms with Crippen LogP contribution in [-0.4, -0.2) is 16.1 Å². The lowest BCUT2D eigenvalue weighted by Gasteiger charge is -1.98. The van der Waals surface area contributed by atoms with Gasteiger partial charge in [-0.3, -0.25) is 0 Å². The fourth-order valence-corrected chi connectivity index (χ4v) is 0.741. The highest BCUT2D eigenvalue weighted by Crippen LogP contribution is 2.05. The van der Waals surface area contributed by atoms with Crippen LogP contribution in [0.3, 0.4) is 0 Å². The molecule has 1 aromatic heterocycles. The highest BCUT2D eigenvalue weighted by molar-refractivity contribution is 5.85. The standard InChI is InChI=1S/C8H9NO2.ClH/c1-5-3-7(8(10)11)9-4-6(5)2;/h3-4H,1-2H3,(H,10,11);1H. The first kappa shape index (κ1) is 10.9. The van der Waals surface area contributed by atoms with Crippen molar-refractivity contribution in [2.24, 2.45) is 0 Å². The van der Waals surface area contributed by atoms with Crippen LogP contribution in [0.4, 0.5) is 0 Å². The van der Waals surface area contributed by atoms with E-state index in [0.29, 0.717) is 0 Å². The van der Waals surface area contributed by atoms with Crippen molar-refractivity contribution in [1.82, 2.24) is 4.98 Å². The predicted molar refractivity (Wildman–Crippen MR) is 47.9 cm³/mol. The largest absolute Gasteiger partial charge is 0.477 e. The van der Waals surface area contributed by atoms with Crippen LogP contribution in [0, 0.1) is 13.8 Å². The molecule has 0 radical (unpaired) electrons. The van der Waals surface area contributed by atoms with Gasteiger partial charge < -0.3 is 5.11 Å². The third-order valence-corrected chi connectivity index (χ3v) is 1.59. The second-order valence-corrected chi connectivity index (χ2v) is 2.46. The number of aryl methyl sites for hydroxylation is 2. The summed E-state index contributed by atoms with van der Waals surface area (Å²) in [6, 6.07) is 1.57. The third kappa shape index (κ3) is 2.20. The van der Waals surface area contributed by atoms with E-state index in [1.165, 1.54) is 0 Å². The predicted octanol–water partition coefficient (Wildman–Crippen LogP) is 1.82. The summed E-state index contributed by atoms with van der Waals surface area (Å²) in [6.07, 6.45) is 1.57. The van der Waals surface area contributed by atoms with Gasteiger partial charge in [-0.05, 0) is 31.0 Å². The summed E-state index contributed by atoms with van der Waals surface area (Å²) in [5.41, 5.74) is 2.07. The van der Waals surface area contributed by atoms with Gasteiger partial charge in [0.25, 0.3) is 0 Å². The molecule has 0 saturated heterocycles. The maximum Gasteiger partial charge on any atom is 0.354 e. The van der Waals surface area contributed by atoms with Crippen molar-refractivity contribution in [3.8, 4) is 0 Å². The number of aromatic carboxylic acids is 1. The normalized spacial score (nSPS) is 8.83. The number of hydrogen-bond acceptors (Lipinski definition) is 2. The van der Waals surface area contributed by atoms with Gasteiger partial charge in [-0.25, -0.2) is 9.78 Å². The number of carboxylic acids is 1. The molecule has 0 bridgehead atoms. The fraction of sp³-hybridized carbons (Fsp3) is 0.250. The first-order valence-electron chi connectivity index (χ1n) is 3.28. The lowest BCUT2D eigenvalue weighted by molar-refractivity contribution is 0.0690. The van der Waals surface area contributed by atoms with E-state index in [-0.39, 0.29) is 18.1 Å². The maximum atomic E-state index is 10.4. The highest BCUT2D eigenvalue weighted by Gasteiger charge is 2.04. The molecule has 4 heteroatoms. The first-order chi connectivity index (χ1) is 5.11. The summed E-state index contributed by atoms with van der Waals surface area (Å²) >= 11 is 0. The van der Waals surface area contributed by atoms with Crippen molar-refractivity contribution in [3.63, 3.8) is 0 Å². The van der Waals surface area contributed by atoms with E-state index < -0.39 is 5.97 Å². The van der Waals surface area contributed by atoms with Crippen molar-refractivity contribution in [2.75, 3.05) is 0 Å². The Labute approximate surface area is 76.9 Å². The number of pyridine rings is 1. The Morgan fingerprint density at radius 1 is 1.42 bits per heavy atom. The highest BCUT2D eigenvalue weighted by atomic mass is 35.5. The minimum atomic E-state index is -0.979. The molecule has 0 unspecified atom stereocenters. The minimum absolute atomic E-state index is 0. The smallest absolute Gasteiger partial charge is 0.354 e. The monoisotopic (exact) mass is 187 g/mol. The fourth-order valence-electron chi connectivity index (χ4n) is 0.741. The Bertz CT molecular complexity index is 299. The van der Waals surface area contributed by atoms with Crippen molar-refractivity contribution >= 4 is 18.4 Å². The molecule has 1 aromatic rings. The molecular weight excluding hydrogens is 178 g/mol. The van der Waals surface area contributed by atoms with Gasteiger partial charge in [0.1, 0.15) is 5.69 Å². The number of carbonyl (C=O) groups is 1. The maximum absolute atomic E-state index is 10.4. The van der Waals surface area contributed by atoms with Crippen LogP contribution < -0.4 is 0 Å². The van der Waals surface area contributed by atoms with Gasteiger partial charge in [-0.1, -0.05) is 0 Å². The molecule has 0 aliphatic carbocycles. The van der Waals surface area contributed by atoms with Crippen LogP contribution in [0.15, 0.2) is 12.3 Å². The molecule has 0 fully saturated rings. The van der Waals surface area contributed by atoms with Crippen molar-refractivity contribution < 1.29 is 9.90 Å². The van der Waals surface area contributed by atoms with E-state index in [1.54, 1.807) is 12.3 Å².